The van der Waals surface area contributed by atoms with Gasteiger partial charge in [-0.2, -0.15) is 15.5 Å². The van der Waals surface area contributed by atoms with Gasteiger partial charge in [0.2, 0.25) is 0 Å². The Morgan fingerprint density at radius 2 is 1.87 bits per heavy atom. The summed E-state index contributed by atoms with van der Waals surface area (Å²) in [7, 11) is 1.67. The third kappa shape index (κ3) is 3.25. The van der Waals surface area contributed by atoms with E-state index in [9.17, 15) is 5.26 Å². The van der Waals surface area contributed by atoms with Crippen molar-refractivity contribution in [3.63, 3.8) is 0 Å². The number of rotatable bonds is 3. The van der Waals surface area contributed by atoms with Crippen molar-refractivity contribution < 1.29 is 0 Å². The second-order valence-electron chi connectivity index (χ2n) is 7.30. The van der Waals surface area contributed by atoms with Crippen molar-refractivity contribution in [3.05, 3.63) is 54.7 Å². The van der Waals surface area contributed by atoms with Crippen LogP contribution in [0.3, 0.4) is 0 Å². The lowest BCUT2D eigenvalue weighted by atomic mass is 10.0. The minimum Gasteiger partial charge on any atom is -0.355 e. The molecule has 30 heavy (non-hydrogen) atoms. The summed E-state index contributed by atoms with van der Waals surface area (Å²) in [6.07, 6.45) is 9.15. The third-order valence-electron chi connectivity index (χ3n) is 5.37. The van der Waals surface area contributed by atoms with Gasteiger partial charge in [0.1, 0.15) is 11.9 Å². The van der Waals surface area contributed by atoms with E-state index >= 15 is 0 Å². The summed E-state index contributed by atoms with van der Waals surface area (Å²) in [4.78, 5) is 6.93. The molecule has 0 atom stereocenters. The molecule has 1 N–H and O–H groups in total. The van der Waals surface area contributed by atoms with Crippen molar-refractivity contribution in [3.8, 4) is 28.3 Å². The van der Waals surface area contributed by atoms with Gasteiger partial charge >= 0.3 is 0 Å². The highest BCUT2D eigenvalue weighted by Crippen LogP contribution is 2.32. The zero-order valence-electron chi connectivity index (χ0n) is 16.5. The Hall–Kier alpha value is -3.51. The monoisotopic (exact) mass is 416 g/mol. The maximum atomic E-state index is 9.57. The number of pyridine rings is 2. The molecule has 1 aliphatic rings. The fourth-order valence-corrected chi connectivity index (χ4v) is 4.85. The Morgan fingerprint density at radius 1 is 1.03 bits per heavy atom. The first-order valence-corrected chi connectivity index (χ1v) is 11.2. The highest BCUT2D eigenvalue weighted by Gasteiger charge is 2.17. The van der Waals surface area contributed by atoms with Crippen molar-refractivity contribution in [1.82, 2.24) is 24.4 Å². The van der Waals surface area contributed by atoms with Gasteiger partial charge in [0.15, 0.2) is 0 Å². The van der Waals surface area contributed by atoms with E-state index in [1.54, 1.807) is 15.4 Å². The van der Waals surface area contributed by atoms with E-state index < -0.39 is 0 Å². The molecule has 4 aromatic heterocycles. The summed E-state index contributed by atoms with van der Waals surface area (Å²) in [5, 5.41) is 18.2. The number of aromatic nitrogens is 5. The molecule has 1 aliphatic heterocycles. The predicted octanol–water partition coefficient (Wildman–Crippen LogP) is 2.87. The van der Waals surface area contributed by atoms with E-state index in [-0.39, 0.29) is 10.7 Å². The standard InChI is InChI=1S/C21H20N8S/c1-27-13-18(12-25-27)16-8-19(21-17(9-22)11-26-29(21)14-16)15-2-3-20(24-10-15)28-4-6-30(23)7-5-28/h2-3,8,10-14,23H,4-7H2,1H3. The van der Waals surface area contributed by atoms with Gasteiger partial charge in [0, 0.05) is 72.5 Å². The van der Waals surface area contributed by atoms with Gasteiger partial charge in [-0.1, -0.05) is 0 Å². The van der Waals surface area contributed by atoms with Crippen LogP contribution in [0.1, 0.15) is 5.56 Å². The number of hydrogen-bond acceptors (Lipinski definition) is 6. The molecule has 5 rings (SSSR count). The third-order valence-corrected chi connectivity index (χ3v) is 6.72. The summed E-state index contributed by atoms with van der Waals surface area (Å²) >= 11 is 0. The summed E-state index contributed by atoms with van der Waals surface area (Å²) in [6.45, 7) is 1.75. The van der Waals surface area contributed by atoms with Gasteiger partial charge in [0.25, 0.3) is 0 Å². The highest BCUT2D eigenvalue weighted by molar-refractivity contribution is 7.86. The van der Waals surface area contributed by atoms with Crippen LogP contribution in [0.4, 0.5) is 5.82 Å². The average Bonchev–Trinajstić information content (AvgIpc) is 3.40. The molecule has 0 aliphatic carbocycles. The zero-order chi connectivity index (χ0) is 20.7. The van der Waals surface area contributed by atoms with Gasteiger partial charge in [0.05, 0.1) is 23.5 Å². The fraction of sp³-hybridized carbons (Fsp3) is 0.238. The zero-order valence-corrected chi connectivity index (χ0v) is 17.3. The maximum Gasteiger partial charge on any atom is 0.128 e. The fourth-order valence-electron chi connectivity index (χ4n) is 3.77. The lowest BCUT2D eigenvalue weighted by Crippen LogP contribution is -2.37. The molecule has 8 nitrogen and oxygen atoms in total. The first kappa shape index (κ1) is 18.5. The first-order chi connectivity index (χ1) is 14.6. The van der Waals surface area contributed by atoms with Crippen LogP contribution in [-0.2, 0) is 17.7 Å². The molecule has 9 heteroatoms. The Balaban J connectivity index is 1.59. The van der Waals surface area contributed by atoms with Crippen LogP contribution in [-0.4, -0.2) is 49.0 Å². The normalized spacial score (nSPS) is 14.9. The molecule has 0 spiro atoms. The Morgan fingerprint density at radius 3 is 2.53 bits per heavy atom. The number of aryl methyl sites for hydroxylation is 1. The van der Waals surface area contributed by atoms with Gasteiger partial charge < -0.3 is 4.90 Å². The summed E-state index contributed by atoms with van der Waals surface area (Å²) in [5.41, 5.74) is 5.11. The summed E-state index contributed by atoms with van der Waals surface area (Å²) in [6, 6.07) is 8.39. The molecule has 0 aromatic carbocycles. The number of hydrogen-bond donors (Lipinski definition) is 1. The van der Waals surface area contributed by atoms with Crippen molar-refractivity contribution in [2.75, 3.05) is 29.5 Å². The number of fused-ring (bicyclic) bond motifs is 1. The molecule has 1 fully saturated rings. The molecule has 1 saturated heterocycles. The van der Waals surface area contributed by atoms with Crippen LogP contribution in [0, 0.1) is 16.1 Å². The molecular weight excluding hydrogens is 396 g/mol. The molecule has 0 unspecified atom stereocenters. The second-order valence-corrected chi connectivity index (χ2v) is 9.10. The number of nitriles is 1. The number of nitrogens with one attached hydrogen (secondary N) is 1. The molecule has 5 heterocycles. The number of nitrogens with zero attached hydrogens (tertiary/aromatic N) is 7. The van der Waals surface area contributed by atoms with Crippen LogP contribution >= 0.6 is 0 Å². The van der Waals surface area contributed by atoms with Crippen LogP contribution < -0.4 is 4.90 Å². The molecule has 0 amide bonds. The van der Waals surface area contributed by atoms with Gasteiger partial charge in [-0.15, -0.1) is 10.7 Å². The summed E-state index contributed by atoms with van der Waals surface area (Å²) in [5.74, 6) is 2.74. The minimum absolute atomic E-state index is 0.219. The van der Waals surface area contributed by atoms with Crippen molar-refractivity contribution >= 4 is 22.0 Å². The van der Waals surface area contributed by atoms with Crippen molar-refractivity contribution in [2.45, 2.75) is 0 Å². The minimum atomic E-state index is -0.219. The van der Waals surface area contributed by atoms with E-state index in [2.05, 4.69) is 27.2 Å². The molecule has 0 saturated carbocycles. The molecular formula is C21H20N8S. The molecule has 150 valence electrons. The Labute approximate surface area is 176 Å². The largest absolute Gasteiger partial charge is 0.355 e. The van der Waals surface area contributed by atoms with Crippen LogP contribution in [0.2, 0.25) is 0 Å². The second kappa shape index (κ2) is 7.39. The van der Waals surface area contributed by atoms with E-state index in [0.29, 0.717) is 5.56 Å². The van der Waals surface area contributed by atoms with Crippen molar-refractivity contribution in [2.24, 2.45) is 7.05 Å². The van der Waals surface area contributed by atoms with Gasteiger partial charge in [-0.05, 0) is 18.2 Å². The van der Waals surface area contributed by atoms with E-state index in [1.807, 2.05) is 44.0 Å². The van der Waals surface area contributed by atoms with Gasteiger partial charge in [-0.3, -0.25) is 9.46 Å². The van der Waals surface area contributed by atoms with Crippen LogP contribution in [0.15, 0.2) is 49.2 Å². The molecule has 0 radical (unpaired) electrons. The Kier molecular flexibility index (Phi) is 4.56. The number of anilines is 1. The summed E-state index contributed by atoms with van der Waals surface area (Å²) < 4.78 is 11.4. The van der Waals surface area contributed by atoms with E-state index in [4.69, 9.17) is 9.76 Å². The lowest BCUT2D eigenvalue weighted by molar-refractivity contribution is 0.768. The van der Waals surface area contributed by atoms with Crippen molar-refractivity contribution in [1.29, 1.82) is 10.0 Å². The average molecular weight is 417 g/mol. The first-order valence-electron chi connectivity index (χ1n) is 9.63. The molecule has 4 aromatic rings. The van der Waals surface area contributed by atoms with Gasteiger partial charge in [-0.25, -0.2) is 9.50 Å². The Bertz CT molecular complexity index is 1290. The SMILES string of the molecule is Cn1cc(-c2cc(-c3ccc(N4CCS(=N)CC4)nc3)c3c(C#N)cnn3c2)cn1. The van der Waals surface area contributed by atoms with Crippen LogP contribution in [0.5, 0.6) is 0 Å². The van der Waals surface area contributed by atoms with E-state index in [0.717, 1.165) is 58.2 Å². The predicted molar refractivity (Wildman–Crippen MR) is 117 cm³/mol. The maximum absolute atomic E-state index is 9.57. The highest BCUT2D eigenvalue weighted by atomic mass is 32.2. The molecule has 0 bridgehead atoms. The lowest BCUT2D eigenvalue weighted by Gasteiger charge is -2.28. The van der Waals surface area contributed by atoms with Crippen LogP contribution in [0.25, 0.3) is 27.8 Å². The topological polar surface area (TPSA) is 98.9 Å². The quantitative estimate of drug-likeness (QED) is 0.554. The van der Waals surface area contributed by atoms with E-state index in [1.165, 1.54) is 0 Å². The smallest absolute Gasteiger partial charge is 0.128 e.